The van der Waals surface area contributed by atoms with Gasteiger partial charge in [-0.2, -0.15) is 0 Å². The van der Waals surface area contributed by atoms with Gasteiger partial charge in [-0.1, -0.05) is 6.07 Å². The molecule has 5 aliphatic rings. The number of aliphatic hydroxyl groups is 1. The molecule has 0 radical (unpaired) electrons. The molecule has 2 aliphatic heterocycles. The number of likely N-dealkylation sites (N-methyl/N-ethyl adjacent to an activating group) is 1. The van der Waals surface area contributed by atoms with Crippen LogP contribution in [0, 0.1) is 5.92 Å². The van der Waals surface area contributed by atoms with Gasteiger partial charge in [-0.15, -0.1) is 0 Å². The summed E-state index contributed by atoms with van der Waals surface area (Å²) in [6, 6.07) is 2.62. The quantitative estimate of drug-likeness (QED) is 0.213. The van der Waals surface area contributed by atoms with E-state index >= 15 is 0 Å². The summed E-state index contributed by atoms with van der Waals surface area (Å²) in [5.74, 6) is 0.733. The number of ketones is 1. The third-order valence-electron chi connectivity index (χ3n) is 11.4. The number of likely N-dealkylation sites (tertiary alicyclic amines) is 1. The van der Waals surface area contributed by atoms with Crippen LogP contribution in [0.2, 0.25) is 0 Å². The Hall–Kier alpha value is -4.11. The molecule has 4 N–H and O–H groups in total. The van der Waals surface area contributed by atoms with E-state index < -0.39 is 58.6 Å². The number of carbonyl (C=O) groups is 5. The van der Waals surface area contributed by atoms with Gasteiger partial charge in [0.15, 0.2) is 23.4 Å². The zero-order chi connectivity index (χ0) is 39.9. The van der Waals surface area contributed by atoms with Gasteiger partial charge in [0.25, 0.3) is 0 Å². The highest BCUT2D eigenvalue weighted by molar-refractivity contribution is 5.90. The lowest BCUT2D eigenvalue weighted by Crippen LogP contribution is -2.76. The first-order valence-corrected chi connectivity index (χ1v) is 19.8. The van der Waals surface area contributed by atoms with Gasteiger partial charge in [0.05, 0.1) is 11.0 Å². The number of unbranched alkanes of at least 4 members (excludes halogenated alkanes) is 1. The van der Waals surface area contributed by atoms with Crippen LogP contribution in [0.4, 0.5) is 14.4 Å². The summed E-state index contributed by atoms with van der Waals surface area (Å²) in [6.07, 6.45) is 2.83. The Balaban J connectivity index is 1.05. The maximum Gasteiger partial charge on any atom is 0.415 e. The Labute approximate surface area is 323 Å². The van der Waals surface area contributed by atoms with Crippen molar-refractivity contribution in [2.75, 3.05) is 39.8 Å². The van der Waals surface area contributed by atoms with Crippen LogP contribution in [-0.4, -0.2) is 120 Å². The number of rotatable bonds is 13. The van der Waals surface area contributed by atoms with Crippen molar-refractivity contribution in [3.63, 3.8) is 0 Å². The maximum absolute atomic E-state index is 13.4. The summed E-state index contributed by atoms with van der Waals surface area (Å²) in [6.45, 7) is 12.7. The number of nitrogens with one attached hydrogen (secondary N) is 3. The predicted octanol–water partition coefficient (Wildman–Crippen LogP) is 3.95. The normalized spacial score (nSPS) is 25.9. The summed E-state index contributed by atoms with van der Waals surface area (Å²) in [5, 5.41) is 20.6. The summed E-state index contributed by atoms with van der Waals surface area (Å²) in [5.41, 5.74) is -1.56. The van der Waals surface area contributed by atoms with Gasteiger partial charge in [0.2, 0.25) is 5.91 Å². The fraction of sp³-hybridized carbons (Fsp3) is 0.725. The molecule has 3 aliphatic carbocycles. The molecule has 1 unspecified atom stereocenters. The fourth-order valence-corrected chi connectivity index (χ4v) is 8.76. The van der Waals surface area contributed by atoms with Crippen molar-refractivity contribution >= 4 is 30.0 Å². The van der Waals surface area contributed by atoms with E-state index in [0.29, 0.717) is 50.3 Å². The van der Waals surface area contributed by atoms with Crippen molar-refractivity contribution < 1.29 is 48.0 Å². The van der Waals surface area contributed by atoms with E-state index in [1.165, 1.54) is 17.7 Å². The third-order valence-corrected chi connectivity index (χ3v) is 11.4. The summed E-state index contributed by atoms with van der Waals surface area (Å²) >= 11 is 0. The van der Waals surface area contributed by atoms with E-state index in [1.807, 2.05) is 6.07 Å². The van der Waals surface area contributed by atoms with Crippen molar-refractivity contribution in [3.8, 4) is 11.5 Å². The second-order valence-corrected chi connectivity index (χ2v) is 17.9. The lowest BCUT2D eigenvalue weighted by molar-refractivity contribution is -0.188. The number of hydrogen-bond donors (Lipinski definition) is 4. The maximum atomic E-state index is 13.4. The molecular formula is C40H59N5O10. The third kappa shape index (κ3) is 8.67. The molecule has 1 saturated heterocycles. The number of hydrogen-bond acceptors (Lipinski definition) is 11. The zero-order valence-electron chi connectivity index (χ0n) is 33.4. The minimum absolute atomic E-state index is 0.0369. The molecule has 1 spiro atoms. The van der Waals surface area contributed by atoms with Gasteiger partial charge >= 0.3 is 18.3 Å². The molecule has 0 aromatic heterocycles. The SMILES string of the molecule is CN(CCNC(=O)C(CCCCNC(=O)OC(C)(C)C)NC(=O)OC(C)(C)C)C(=O)Oc1ccc2c3c1O[C@H]1C(=O)CC[C@@]4(O)[C@@H](C2)N(CC2CC2)CC[C@]314. The molecule has 1 aromatic rings. The minimum Gasteiger partial charge on any atom is -0.477 e. The Morgan fingerprint density at radius 2 is 1.71 bits per heavy atom. The second-order valence-electron chi connectivity index (χ2n) is 17.9. The van der Waals surface area contributed by atoms with E-state index in [9.17, 15) is 29.1 Å². The summed E-state index contributed by atoms with van der Waals surface area (Å²) in [7, 11) is 1.54. The van der Waals surface area contributed by atoms with Gasteiger partial charge in [0.1, 0.15) is 17.2 Å². The molecule has 2 heterocycles. The van der Waals surface area contributed by atoms with Gasteiger partial charge < -0.3 is 44.9 Å². The first-order valence-electron chi connectivity index (χ1n) is 19.8. The molecular weight excluding hydrogens is 710 g/mol. The number of amides is 4. The monoisotopic (exact) mass is 769 g/mol. The smallest absolute Gasteiger partial charge is 0.415 e. The number of nitrogens with zero attached hydrogens (tertiary/aromatic N) is 2. The molecule has 3 fully saturated rings. The number of Topliss-reactive ketones (excluding diaryl/α,β-unsaturated/α-hetero) is 1. The zero-order valence-corrected chi connectivity index (χ0v) is 33.4. The van der Waals surface area contributed by atoms with Crippen LogP contribution in [0.1, 0.15) is 104 Å². The number of carbonyl (C=O) groups excluding carboxylic acids is 5. The molecule has 15 nitrogen and oxygen atoms in total. The van der Waals surface area contributed by atoms with Crippen LogP contribution in [0.25, 0.3) is 0 Å². The Bertz CT molecular complexity index is 1670. The lowest BCUT2D eigenvalue weighted by atomic mass is 9.49. The Morgan fingerprint density at radius 3 is 2.40 bits per heavy atom. The summed E-state index contributed by atoms with van der Waals surface area (Å²) < 4.78 is 22.9. The number of ether oxygens (including phenoxy) is 4. The predicted molar refractivity (Wildman–Crippen MR) is 201 cm³/mol. The lowest BCUT2D eigenvalue weighted by Gasteiger charge is -2.62. The number of benzene rings is 1. The average Bonchev–Trinajstić information content (AvgIpc) is 3.82. The highest BCUT2D eigenvalue weighted by atomic mass is 16.6. The van der Waals surface area contributed by atoms with Crippen LogP contribution >= 0.6 is 0 Å². The average molecular weight is 770 g/mol. The summed E-state index contributed by atoms with van der Waals surface area (Å²) in [4.78, 5) is 68.4. The number of alkyl carbamates (subject to hydrolysis) is 2. The van der Waals surface area contributed by atoms with Crippen LogP contribution in [0.3, 0.4) is 0 Å². The largest absolute Gasteiger partial charge is 0.477 e. The molecule has 55 heavy (non-hydrogen) atoms. The molecule has 304 valence electrons. The van der Waals surface area contributed by atoms with Crippen LogP contribution < -0.4 is 25.4 Å². The Morgan fingerprint density at radius 1 is 1.00 bits per heavy atom. The van der Waals surface area contributed by atoms with Crippen molar-refractivity contribution in [2.45, 2.75) is 140 Å². The first kappa shape index (κ1) is 40.6. The van der Waals surface area contributed by atoms with Gasteiger partial charge in [-0.05, 0) is 117 Å². The Kier molecular flexibility index (Phi) is 11.4. The fourth-order valence-electron chi connectivity index (χ4n) is 8.76. The van der Waals surface area contributed by atoms with Crippen molar-refractivity contribution in [2.24, 2.45) is 5.92 Å². The van der Waals surface area contributed by atoms with E-state index in [-0.39, 0.29) is 43.5 Å². The van der Waals surface area contributed by atoms with Crippen molar-refractivity contribution in [1.29, 1.82) is 0 Å². The topological polar surface area (TPSA) is 185 Å². The number of piperidine rings is 1. The molecule has 4 amide bonds. The van der Waals surface area contributed by atoms with Gasteiger partial charge in [0, 0.05) is 51.3 Å². The molecule has 2 saturated carbocycles. The van der Waals surface area contributed by atoms with Crippen LogP contribution in [0.5, 0.6) is 11.5 Å². The van der Waals surface area contributed by atoms with Crippen molar-refractivity contribution in [1.82, 2.24) is 25.8 Å². The van der Waals surface area contributed by atoms with E-state index in [4.69, 9.17) is 18.9 Å². The highest BCUT2D eigenvalue weighted by Crippen LogP contribution is 2.65. The second kappa shape index (κ2) is 15.4. The molecule has 5 atom stereocenters. The van der Waals surface area contributed by atoms with E-state index in [0.717, 1.165) is 24.2 Å². The molecule has 2 bridgehead atoms. The van der Waals surface area contributed by atoms with E-state index in [1.54, 1.807) is 54.7 Å². The molecule has 1 aromatic carbocycles. The van der Waals surface area contributed by atoms with Gasteiger partial charge in [-0.25, -0.2) is 14.4 Å². The first-order chi connectivity index (χ1) is 25.8. The minimum atomic E-state index is -1.12. The van der Waals surface area contributed by atoms with Crippen molar-refractivity contribution in [3.05, 3.63) is 23.3 Å². The molecule has 6 rings (SSSR count). The molecule has 15 heteroatoms. The highest BCUT2D eigenvalue weighted by Gasteiger charge is 2.73. The van der Waals surface area contributed by atoms with Gasteiger partial charge in [-0.3, -0.25) is 14.5 Å². The standard InChI is InChI=1S/C40H59N5O10/c1-37(2,3)54-34(48)42-18-9-8-10-26(43-35(49)55-38(4,5)6)33(47)41-19-21-44(7)36(50)52-28-14-13-25-22-29-40(51)16-15-27(46)32-39(40,30(25)31(28)53-32)17-20-45(29)23-24-11-12-24/h13-14,24,26,29,32,51H,8-12,15-23H2,1-7H3,(H,41,47)(H,42,48)(H,43,49)/t26?,29-,32+,39+,40-/m1/s1. The van der Waals surface area contributed by atoms with Crippen LogP contribution in [0.15, 0.2) is 12.1 Å². The van der Waals surface area contributed by atoms with Crippen LogP contribution in [-0.2, 0) is 30.9 Å². The van der Waals surface area contributed by atoms with E-state index in [2.05, 4.69) is 20.9 Å².